The molecule has 0 radical (unpaired) electrons. The summed E-state index contributed by atoms with van der Waals surface area (Å²) >= 11 is 0. The molecule has 2 unspecified atom stereocenters. The van der Waals surface area contributed by atoms with Crippen LogP contribution in [-0.2, 0) is 23.9 Å². The van der Waals surface area contributed by atoms with E-state index in [1.165, 1.54) is 24.3 Å². The summed E-state index contributed by atoms with van der Waals surface area (Å²) in [5.74, 6) is -5.09. The van der Waals surface area contributed by atoms with Gasteiger partial charge in [-0.2, -0.15) is 0 Å². The summed E-state index contributed by atoms with van der Waals surface area (Å²) in [6, 6.07) is 5.52. The highest BCUT2D eigenvalue weighted by atomic mass is 16.6. The molecule has 8 nitrogen and oxygen atoms in total. The quantitative estimate of drug-likeness (QED) is 0.232. The number of methoxy groups -OCH3 is 1. The Bertz CT molecular complexity index is 711. The van der Waals surface area contributed by atoms with Crippen molar-refractivity contribution in [2.75, 3.05) is 13.7 Å². The van der Waals surface area contributed by atoms with Crippen LogP contribution in [0.4, 0.5) is 5.69 Å². The van der Waals surface area contributed by atoms with Crippen LogP contribution in [0, 0.1) is 16.0 Å². The minimum atomic E-state index is -1.45. The Morgan fingerprint density at radius 2 is 1.88 bits per heavy atom. The smallest absolute Gasteiger partial charge is 0.333 e. The number of hydrogen-bond donors (Lipinski definition) is 0. The zero-order valence-electron chi connectivity index (χ0n) is 14.2. The molecule has 0 heterocycles. The Labute approximate surface area is 144 Å². The van der Waals surface area contributed by atoms with Crippen molar-refractivity contribution >= 4 is 23.4 Å². The van der Waals surface area contributed by atoms with Gasteiger partial charge in [-0.1, -0.05) is 24.8 Å². The Morgan fingerprint density at radius 3 is 2.36 bits per heavy atom. The normalized spacial score (nSPS) is 12.6. The molecule has 0 aliphatic rings. The lowest BCUT2D eigenvalue weighted by atomic mass is 9.78. The third-order valence-corrected chi connectivity index (χ3v) is 3.60. The number of rotatable bonds is 8. The van der Waals surface area contributed by atoms with Crippen LogP contribution in [0.2, 0.25) is 0 Å². The van der Waals surface area contributed by atoms with E-state index >= 15 is 0 Å². The first-order valence-corrected chi connectivity index (χ1v) is 7.43. The van der Waals surface area contributed by atoms with Gasteiger partial charge < -0.3 is 9.47 Å². The Morgan fingerprint density at radius 1 is 1.28 bits per heavy atom. The number of benzene rings is 1. The number of ketones is 1. The molecule has 0 saturated heterocycles. The second-order valence-electron chi connectivity index (χ2n) is 5.15. The maximum absolute atomic E-state index is 12.3. The number of para-hydroxylation sites is 1. The van der Waals surface area contributed by atoms with Crippen LogP contribution in [0.15, 0.2) is 36.4 Å². The summed E-state index contributed by atoms with van der Waals surface area (Å²) in [6.45, 7) is 6.31. The number of carbonyl (C=O) groups is 3. The predicted molar refractivity (Wildman–Crippen MR) is 87.8 cm³/mol. The second-order valence-corrected chi connectivity index (χ2v) is 5.15. The topological polar surface area (TPSA) is 113 Å². The minimum absolute atomic E-state index is 0.0103. The van der Waals surface area contributed by atoms with Crippen molar-refractivity contribution in [2.24, 2.45) is 5.92 Å². The molecule has 0 amide bonds. The number of esters is 2. The molecule has 0 bridgehead atoms. The van der Waals surface area contributed by atoms with Crippen molar-refractivity contribution in [3.8, 4) is 0 Å². The van der Waals surface area contributed by atoms with Gasteiger partial charge in [0.2, 0.25) is 0 Å². The van der Waals surface area contributed by atoms with Gasteiger partial charge in [-0.15, -0.1) is 0 Å². The van der Waals surface area contributed by atoms with Gasteiger partial charge in [0.25, 0.3) is 5.69 Å². The average Bonchev–Trinajstić information content (AvgIpc) is 2.57. The van der Waals surface area contributed by atoms with E-state index in [1.807, 2.05) is 0 Å². The zero-order valence-corrected chi connectivity index (χ0v) is 14.2. The molecule has 0 saturated carbocycles. The fourth-order valence-electron chi connectivity index (χ4n) is 2.51. The third-order valence-electron chi connectivity index (χ3n) is 3.60. The van der Waals surface area contributed by atoms with Crippen molar-refractivity contribution in [1.82, 2.24) is 0 Å². The SMILES string of the molecule is C=C(C(=O)OC)C(c1ccccc1[N+](=O)[O-])C(C(C)=O)C(=O)OCC. The molecule has 0 N–H and O–H groups in total. The van der Waals surface area contributed by atoms with E-state index in [0.29, 0.717) is 0 Å². The molecule has 0 fully saturated rings. The van der Waals surface area contributed by atoms with Gasteiger partial charge in [0.05, 0.1) is 18.6 Å². The van der Waals surface area contributed by atoms with Gasteiger partial charge in [-0.25, -0.2) is 4.79 Å². The van der Waals surface area contributed by atoms with Crippen LogP contribution in [0.1, 0.15) is 25.3 Å². The van der Waals surface area contributed by atoms with E-state index in [2.05, 4.69) is 11.3 Å². The molecule has 0 aliphatic carbocycles. The van der Waals surface area contributed by atoms with Crippen molar-refractivity contribution in [2.45, 2.75) is 19.8 Å². The molecule has 0 aliphatic heterocycles. The van der Waals surface area contributed by atoms with Crippen LogP contribution in [0.25, 0.3) is 0 Å². The number of nitrogens with zero attached hydrogens (tertiary/aromatic N) is 1. The maximum Gasteiger partial charge on any atom is 0.333 e. The molecule has 1 rings (SSSR count). The molecular weight excluding hydrogens is 330 g/mol. The standard InChI is InChI=1S/C17H19NO7/c1-5-25-17(21)15(11(3)19)14(10(2)16(20)24-4)12-8-6-7-9-13(12)18(22)23/h6-9,14-15H,2,5H2,1,3-4H3. The van der Waals surface area contributed by atoms with Crippen LogP contribution >= 0.6 is 0 Å². The van der Waals surface area contributed by atoms with Crippen LogP contribution in [0.3, 0.4) is 0 Å². The number of carbonyl (C=O) groups excluding carboxylic acids is 3. The monoisotopic (exact) mass is 349 g/mol. The first-order valence-electron chi connectivity index (χ1n) is 7.43. The summed E-state index contributed by atoms with van der Waals surface area (Å²) in [5.41, 5.74) is -0.575. The van der Waals surface area contributed by atoms with Gasteiger partial charge in [0, 0.05) is 23.1 Å². The largest absolute Gasteiger partial charge is 0.466 e. The number of ether oxygens (including phenoxy) is 2. The van der Waals surface area contributed by atoms with Crippen molar-refractivity contribution in [1.29, 1.82) is 0 Å². The third kappa shape index (κ3) is 4.50. The van der Waals surface area contributed by atoms with E-state index in [1.54, 1.807) is 6.92 Å². The van der Waals surface area contributed by atoms with Crippen molar-refractivity contribution < 1.29 is 28.8 Å². The van der Waals surface area contributed by atoms with Crippen molar-refractivity contribution in [3.05, 3.63) is 52.1 Å². The van der Waals surface area contributed by atoms with Gasteiger partial charge in [-0.05, 0) is 13.8 Å². The molecule has 8 heteroatoms. The predicted octanol–water partition coefficient (Wildman–Crippen LogP) is 2.18. The highest BCUT2D eigenvalue weighted by molar-refractivity contribution is 6.02. The fraction of sp³-hybridized carbons (Fsp3) is 0.353. The molecular formula is C17H19NO7. The summed E-state index contributed by atoms with van der Waals surface area (Å²) in [7, 11) is 1.11. The molecule has 2 atom stereocenters. The van der Waals surface area contributed by atoms with Gasteiger partial charge in [-0.3, -0.25) is 19.7 Å². The van der Waals surface area contributed by atoms with Gasteiger partial charge in [0.15, 0.2) is 0 Å². The Hall–Kier alpha value is -3.03. The van der Waals surface area contributed by atoms with Gasteiger partial charge in [0.1, 0.15) is 11.7 Å². The van der Waals surface area contributed by atoms with Crippen LogP contribution in [-0.4, -0.2) is 36.4 Å². The Balaban J connectivity index is 3.62. The summed E-state index contributed by atoms with van der Waals surface area (Å²) < 4.78 is 9.52. The van der Waals surface area contributed by atoms with Crippen molar-refractivity contribution in [3.63, 3.8) is 0 Å². The molecule has 1 aromatic rings. The summed E-state index contributed by atoms with van der Waals surface area (Å²) in [6.07, 6.45) is 0. The first kappa shape index (κ1) is 20.0. The lowest BCUT2D eigenvalue weighted by Crippen LogP contribution is -2.33. The molecule has 134 valence electrons. The van der Waals surface area contributed by atoms with E-state index in [9.17, 15) is 24.5 Å². The lowest BCUT2D eigenvalue weighted by Gasteiger charge is -2.24. The molecule has 0 aromatic heterocycles. The average molecular weight is 349 g/mol. The van der Waals surface area contributed by atoms with E-state index in [4.69, 9.17) is 4.74 Å². The van der Waals surface area contributed by atoms with E-state index in [-0.39, 0.29) is 23.4 Å². The number of nitro benzene ring substituents is 1. The highest BCUT2D eigenvalue weighted by Crippen LogP contribution is 2.38. The fourth-order valence-corrected chi connectivity index (χ4v) is 2.51. The molecule has 25 heavy (non-hydrogen) atoms. The van der Waals surface area contributed by atoms with E-state index < -0.39 is 34.5 Å². The summed E-state index contributed by atoms with van der Waals surface area (Å²) in [5, 5.41) is 11.3. The molecule has 0 spiro atoms. The zero-order chi connectivity index (χ0) is 19.1. The first-order chi connectivity index (χ1) is 11.8. The minimum Gasteiger partial charge on any atom is -0.466 e. The highest BCUT2D eigenvalue weighted by Gasteiger charge is 2.41. The Kier molecular flexibility index (Phi) is 6.98. The lowest BCUT2D eigenvalue weighted by molar-refractivity contribution is -0.385. The number of hydrogen-bond acceptors (Lipinski definition) is 7. The number of nitro groups is 1. The van der Waals surface area contributed by atoms with Gasteiger partial charge >= 0.3 is 11.9 Å². The van der Waals surface area contributed by atoms with Crippen LogP contribution < -0.4 is 0 Å². The second kappa shape index (κ2) is 8.72. The molecule has 1 aromatic carbocycles. The maximum atomic E-state index is 12.3. The number of Topliss-reactive ketones (excluding diaryl/α,β-unsaturated/α-hetero) is 1. The summed E-state index contributed by atoms with van der Waals surface area (Å²) in [4.78, 5) is 47.0. The van der Waals surface area contributed by atoms with Crippen LogP contribution in [0.5, 0.6) is 0 Å². The van der Waals surface area contributed by atoms with E-state index in [0.717, 1.165) is 14.0 Å².